The molecule has 1 aromatic heterocycles. The van der Waals surface area contributed by atoms with Gasteiger partial charge in [-0.3, -0.25) is 4.79 Å². The Morgan fingerprint density at radius 1 is 1.33 bits per heavy atom. The molecule has 1 heterocycles. The van der Waals surface area contributed by atoms with Gasteiger partial charge in [-0.2, -0.15) is 5.10 Å². The standard InChI is InChI=1S/C13H11ClN2O2/c14-9-3-1-2-4-10(9)16-8-5-11(15-16)13(6-7-13)12(17)18/h1-5,8H,6-7H2,(H,17,18). The molecule has 1 aliphatic carbocycles. The molecule has 1 aromatic carbocycles. The molecule has 2 aromatic rings. The molecule has 0 saturated heterocycles. The van der Waals surface area contributed by atoms with Gasteiger partial charge < -0.3 is 5.11 Å². The third-order valence-corrected chi connectivity index (χ3v) is 3.66. The number of carbonyl (C=O) groups is 1. The molecule has 5 heteroatoms. The molecular weight excluding hydrogens is 252 g/mol. The zero-order chi connectivity index (χ0) is 12.8. The summed E-state index contributed by atoms with van der Waals surface area (Å²) in [6.45, 7) is 0. The highest BCUT2D eigenvalue weighted by Crippen LogP contribution is 2.47. The minimum atomic E-state index is -0.799. The molecule has 1 fully saturated rings. The Hall–Kier alpha value is -1.81. The van der Waals surface area contributed by atoms with Crippen molar-refractivity contribution in [1.82, 2.24) is 9.78 Å². The van der Waals surface area contributed by atoms with Crippen LogP contribution >= 0.6 is 11.6 Å². The van der Waals surface area contributed by atoms with Gasteiger partial charge in [0, 0.05) is 6.20 Å². The maximum absolute atomic E-state index is 11.2. The molecule has 4 nitrogen and oxygen atoms in total. The van der Waals surface area contributed by atoms with Gasteiger partial charge in [0.15, 0.2) is 0 Å². The molecule has 1 saturated carbocycles. The number of carboxylic acid groups (broad SMARTS) is 1. The fraction of sp³-hybridized carbons (Fsp3) is 0.231. The molecule has 18 heavy (non-hydrogen) atoms. The summed E-state index contributed by atoms with van der Waals surface area (Å²) in [5.41, 5.74) is 0.591. The fourth-order valence-corrected chi connectivity index (χ4v) is 2.28. The van der Waals surface area contributed by atoms with E-state index in [1.165, 1.54) is 0 Å². The molecule has 0 amide bonds. The Balaban J connectivity index is 2.01. The van der Waals surface area contributed by atoms with Crippen LogP contribution in [0.25, 0.3) is 5.69 Å². The van der Waals surface area contributed by atoms with Gasteiger partial charge in [0.1, 0.15) is 5.41 Å². The Labute approximate surface area is 109 Å². The van der Waals surface area contributed by atoms with Crippen LogP contribution < -0.4 is 0 Å². The fourth-order valence-electron chi connectivity index (χ4n) is 2.06. The van der Waals surface area contributed by atoms with Crippen molar-refractivity contribution < 1.29 is 9.90 Å². The first-order valence-corrected chi connectivity index (χ1v) is 6.06. The molecule has 1 aliphatic rings. The van der Waals surface area contributed by atoms with Crippen LogP contribution in [0.2, 0.25) is 5.02 Å². The lowest BCUT2D eigenvalue weighted by Crippen LogP contribution is -2.20. The first-order valence-electron chi connectivity index (χ1n) is 5.68. The van der Waals surface area contributed by atoms with Crippen LogP contribution in [0.1, 0.15) is 18.5 Å². The van der Waals surface area contributed by atoms with Crippen molar-refractivity contribution in [2.24, 2.45) is 0 Å². The summed E-state index contributed by atoms with van der Waals surface area (Å²) in [7, 11) is 0. The van der Waals surface area contributed by atoms with Gasteiger partial charge >= 0.3 is 5.97 Å². The molecule has 0 spiro atoms. The van der Waals surface area contributed by atoms with Crippen molar-refractivity contribution >= 4 is 17.6 Å². The number of aromatic nitrogens is 2. The second kappa shape index (κ2) is 3.85. The zero-order valence-electron chi connectivity index (χ0n) is 9.51. The van der Waals surface area contributed by atoms with Crippen LogP contribution in [-0.4, -0.2) is 20.9 Å². The molecule has 0 bridgehead atoms. The SMILES string of the molecule is O=C(O)C1(c2ccn(-c3ccccc3Cl)n2)CC1. The smallest absolute Gasteiger partial charge is 0.315 e. The van der Waals surface area contributed by atoms with Crippen LogP contribution in [0.15, 0.2) is 36.5 Å². The van der Waals surface area contributed by atoms with Gasteiger partial charge in [-0.25, -0.2) is 4.68 Å². The van der Waals surface area contributed by atoms with Crippen LogP contribution in [0.5, 0.6) is 0 Å². The van der Waals surface area contributed by atoms with Gasteiger partial charge in [-0.1, -0.05) is 23.7 Å². The summed E-state index contributed by atoms with van der Waals surface area (Å²) in [5, 5.41) is 14.2. The highest BCUT2D eigenvalue weighted by molar-refractivity contribution is 6.32. The molecule has 0 aliphatic heterocycles. The van der Waals surface area contributed by atoms with Crippen molar-refractivity contribution in [1.29, 1.82) is 0 Å². The average Bonchev–Trinajstić information content (AvgIpc) is 3.03. The van der Waals surface area contributed by atoms with Crippen LogP contribution in [-0.2, 0) is 10.2 Å². The van der Waals surface area contributed by atoms with Crippen LogP contribution in [0.3, 0.4) is 0 Å². The summed E-state index contributed by atoms with van der Waals surface area (Å²) < 4.78 is 1.63. The number of halogens is 1. The maximum atomic E-state index is 11.2. The minimum absolute atomic E-state index is 0.590. The second-order valence-corrected chi connectivity index (χ2v) is 4.89. The average molecular weight is 263 g/mol. The Kier molecular flexibility index (Phi) is 2.41. The highest BCUT2D eigenvalue weighted by Gasteiger charge is 2.53. The van der Waals surface area contributed by atoms with E-state index >= 15 is 0 Å². The van der Waals surface area contributed by atoms with Crippen LogP contribution in [0, 0.1) is 0 Å². The normalized spacial score (nSPS) is 16.5. The van der Waals surface area contributed by atoms with Gasteiger partial charge in [0.25, 0.3) is 0 Å². The highest BCUT2D eigenvalue weighted by atomic mass is 35.5. The van der Waals surface area contributed by atoms with Gasteiger partial charge in [0.05, 0.1) is 16.4 Å². The van der Waals surface area contributed by atoms with E-state index in [2.05, 4.69) is 5.10 Å². The summed E-state index contributed by atoms with van der Waals surface area (Å²) in [5.74, 6) is -0.799. The van der Waals surface area contributed by atoms with E-state index in [0.717, 1.165) is 5.69 Å². The summed E-state index contributed by atoms with van der Waals surface area (Å²) in [4.78, 5) is 11.2. The Morgan fingerprint density at radius 2 is 2.06 bits per heavy atom. The monoisotopic (exact) mass is 262 g/mol. The third kappa shape index (κ3) is 1.61. The lowest BCUT2D eigenvalue weighted by Gasteiger charge is -2.06. The Morgan fingerprint density at radius 3 is 2.67 bits per heavy atom. The predicted octanol–water partition coefficient (Wildman–Crippen LogP) is 2.64. The number of benzene rings is 1. The van der Waals surface area contributed by atoms with Crippen molar-refractivity contribution in [2.75, 3.05) is 0 Å². The van der Waals surface area contributed by atoms with E-state index in [1.807, 2.05) is 18.2 Å². The van der Waals surface area contributed by atoms with Gasteiger partial charge in [-0.05, 0) is 31.0 Å². The minimum Gasteiger partial charge on any atom is -0.481 e. The van der Waals surface area contributed by atoms with Crippen molar-refractivity contribution in [2.45, 2.75) is 18.3 Å². The first-order chi connectivity index (χ1) is 8.63. The van der Waals surface area contributed by atoms with E-state index in [0.29, 0.717) is 23.6 Å². The number of aliphatic carboxylic acids is 1. The molecule has 92 valence electrons. The summed E-state index contributed by atoms with van der Waals surface area (Å²) in [6.07, 6.45) is 3.06. The lowest BCUT2D eigenvalue weighted by atomic mass is 10.0. The number of hydrogen-bond donors (Lipinski definition) is 1. The van der Waals surface area contributed by atoms with Gasteiger partial charge in [-0.15, -0.1) is 0 Å². The van der Waals surface area contributed by atoms with E-state index in [-0.39, 0.29) is 0 Å². The summed E-state index contributed by atoms with van der Waals surface area (Å²) >= 11 is 6.08. The van der Waals surface area contributed by atoms with Crippen molar-refractivity contribution in [3.05, 3.63) is 47.2 Å². The molecule has 0 atom stereocenters. The number of nitrogens with zero attached hydrogens (tertiary/aromatic N) is 2. The van der Waals surface area contributed by atoms with Crippen LogP contribution in [0.4, 0.5) is 0 Å². The summed E-state index contributed by atoms with van der Waals surface area (Å²) in [6, 6.07) is 9.09. The first kappa shape index (κ1) is 11.3. The molecule has 0 unspecified atom stereocenters. The van der Waals surface area contributed by atoms with E-state index in [4.69, 9.17) is 11.6 Å². The zero-order valence-corrected chi connectivity index (χ0v) is 10.3. The number of carboxylic acids is 1. The molecular formula is C13H11ClN2O2. The number of rotatable bonds is 3. The second-order valence-electron chi connectivity index (χ2n) is 4.48. The predicted molar refractivity (Wildman–Crippen MR) is 67.1 cm³/mol. The van der Waals surface area contributed by atoms with Crippen molar-refractivity contribution in [3.8, 4) is 5.69 Å². The number of para-hydroxylation sites is 1. The largest absolute Gasteiger partial charge is 0.481 e. The lowest BCUT2D eigenvalue weighted by molar-refractivity contribution is -0.140. The van der Waals surface area contributed by atoms with E-state index < -0.39 is 11.4 Å². The van der Waals surface area contributed by atoms with Crippen molar-refractivity contribution in [3.63, 3.8) is 0 Å². The molecule has 1 N–H and O–H groups in total. The molecule has 0 radical (unpaired) electrons. The third-order valence-electron chi connectivity index (χ3n) is 3.34. The van der Waals surface area contributed by atoms with E-state index in [9.17, 15) is 9.90 Å². The number of hydrogen-bond acceptors (Lipinski definition) is 2. The molecule has 3 rings (SSSR count). The van der Waals surface area contributed by atoms with E-state index in [1.54, 1.807) is 23.0 Å². The quantitative estimate of drug-likeness (QED) is 0.925. The topological polar surface area (TPSA) is 55.1 Å². The van der Waals surface area contributed by atoms with Gasteiger partial charge in [0.2, 0.25) is 0 Å². The maximum Gasteiger partial charge on any atom is 0.315 e. The Bertz CT molecular complexity index is 617.